The first-order valence-electron chi connectivity index (χ1n) is 4.93. The van der Waals surface area contributed by atoms with Crippen molar-refractivity contribution in [3.8, 4) is 5.82 Å². The molecule has 2 aromatic rings. The van der Waals surface area contributed by atoms with Crippen LogP contribution < -0.4 is 5.73 Å². The predicted molar refractivity (Wildman–Crippen MR) is 57.6 cm³/mol. The van der Waals surface area contributed by atoms with Crippen LogP contribution in [0.3, 0.4) is 0 Å². The molecule has 5 nitrogen and oxygen atoms in total. The fourth-order valence-corrected chi connectivity index (χ4v) is 1.36. The predicted octanol–water partition coefficient (Wildman–Crippen LogP) is 1.20. The number of nitrogens with zero attached hydrogens (tertiary/aromatic N) is 4. The van der Waals surface area contributed by atoms with Crippen molar-refractivity contribution in [1.29, 1.82) is 0 Å². The van der Waals surface area contributed by atoms with Crippen LogP contribution in [0.1, 0.15) is 19.2 Å². The number of nitrogens with two attached hydrogens (primary N) is 1. The average Bonchev–Trinajstić information content (AvgIpc) is 2.70. The number of hydrogen-bond donors (Lipinski definition) is 1. The van der Waals surface area contributed by atoms with E-state index in [1.165, 1.54) is 0 Å². The molecule has 78 valence electrons. The van der Waals surface area contributed by atoms with E-state index in [-0.39, 0.29) is 0 Å². The van der Waals surface area contributed by atoms with Gasteiger partial charge in [0.1, 0.15) is 11.6 Å². The Morgan fingerprint density at radius 3 is 2.93 bits per heavy atom. The molecule has 0 radical (unpaired) electrons. The van der Waals surface area contributed by atoms with Crippen LogP contribution in [0.25, 0.3) is 5.82 Å². The lowest BCUT2D eigenvalue weighted by Crippen LogP contribution is -2.05. The van der Waals surface area contributed by atoms with Crippen LogP contribution in [0.4, 0.5) is 5.82 Å². The Balaban J connectivity index is 2.40. The van der Waals surface area contributed by atoms with Crippen molar-refractivity contribution in [2.75, 3.05) is 5.73 Å². The van der Waals surface area contributed by atoms with Gasteiger partial charge < -0.3 is 5.73 Å². The Labute approximate surface area is 88.0 Å². The van der Waals surface area contributed by atoms with Crippen LogP contribution >= 0.6 is 0 Å². The summed E-state index contributed by atoms with van der Waals surface area (Å²) in [5, 5.41) is 4.10. The molecule has 0 aliphatic heterocycles. The maximum absolute atomic E-state index is 5.70. The Morgan fingerprint density at radius 2 is 2.27 bits per heavy atom. The van der Waals surface area contributed by atoms with Crippen LogP contribution in [0, 0.1) is 0 Å². The van der Waals surface area contributed by atoms with Gasteiger partial charge in [-0.15, -0.1) is 0 Å². The number of anilines is 1. The van der Waals surface area contributed by atoms with Gasteiger partial charge in [-0.05, 0) is 12.5 Å². The second-order valence-corrected chi connectivity index (χ2v) is 3.27. The van der Waals surface area contributed by atoms with Gasteiger partial charge in [-0.1, -0.05) is 6.92 Å². The van der Waals surface area contributed by atoms with Crippen molar-refractivity contribution < 1.29 is 0 Å². The zero-order chi connectivity index (χ0) is 10.7. The maximum Gasteiger partial charge on any atom is 0.159 e. The number of aryl methyl sites for hydroxylation is 1. The summed E-state index contributed by atoms with van der Waals surface area (Å²) in [5.41, 5.74) is 5.70. The second kappa shape index (κ2) is 4.08. The Kier molecular flexibility index (Phi) is 2.62. The molecule has 0 spiro atoms. The Hall–Kier alpha value is -1.91. The minimum absolute atomic E-state index is 0.485. The molecule has 5 heteroatoms. The van der Waals surface area contributed by atoms with E-state index in [4.69, 9.17) is 5.73 Å². The summed E-state index contributed by atoms with van der Waals surface area (Å²) < 4.78 is 1.68. The molecule has 0 amide bonds. The first-order valence-corrected chi connectivity index (χ1v) is 4.93. The molecule has 2 heterocycles. The van der Waals surface area contributed by atoms with E-state index >= 15 is 0 Å². The number of hydrogen-bond acceptors (Lipinski definition) is 4. The minimum Gasteiger partial charge on any atom is -0.384 e. The number of nitrogen functional groups attached to an aromatic ring is 1. The Morgan fingerprint density at radius 1 is 1.40 bits per heavy atom. The highest BCUT2D eigenvalue weighted by Gasteiger charge is 2.03. The summed E-state index contributed by atoms with van der Waals surface area (Å²) >= 11 is 0. The first kappa shape index (κ1) is 9.64. The molecule has 0 aromatic carbocycles. The van der Waals surface area contributed by atoms with E-state index in [1.54, 1.807) is 16.9 Å². The highest BCUT2D eigenvalue weighted by molar-refractivity contribution is 5.36. The largest absolute Gasteiger partial charge is 0.384 e. The van der Waals surface area contributed by atoms with Gasteiger partial charge in [-0.25, -0.2) is 14.6 Å². The van der Waals surface area contributed by atoms with Crippen molar-refractivity contribution in [2.45, 2.75) is 19.8 Å². The van der Waals surface area contributed by atoms with Crippen molar-refractivity contribution >= 4 is 5.82 Å². The van der Waals surface area contributed by atoms with Crippen molar-refractivity contribution in [2.24, 2.45) is 0 Å². The van der Waals surface area contributed by atoms with Gasteiger partial charge in [-0.2, -0.15) is 5.10 Å². The molecule has 0 fully saturated rings. The number of aromatic nitrogens is 4. The molecule has 0 saturated carbocycles. The van der Waals surface area contributed by atoms with Crippen LogP contribution in [0.2, 0.25) is 0 Å². The van der Waals surface area contributed by atoms with Crippen molar-refractivity contribution in [1.82, 2.24) is 19.7 Å². The standard InChI is InChI=1S/C10H13N5/c1-2-4-9-13-8(11)7-10(14-9)15-6-3-5-12-15/h3,5-7H,2,4H2,1H3,(H2,11,13,14). The topological polar surface area (TPSA) is 69.6 Å². The van der Waals surface area contributed by atoms with Gasteiger partial charge >= 0.3 is 0 Å². The third-order valence-corrected chi connectivity index (χ3v) is 1.99. The SMILES string of the molecule is CCCc1nc(N)cc(-n2cccn2)n1. The molecule has 2 aromatic heterocycles. The fourth-order valence-electron chi connectivity index (χ4n) is 1.36. The third-order valence-electron chi connectivity index (χ3n) is 1.99. The Bertz CT molecular complexity index is 435. The van der Waals surface area contributed by atoms with Gasteiger partial charge in [-0.3, -0.25) is 0 Å². The molecule has 15 heavy (non-hydrogen) atoms. The summed E-state index contributed by atoms with van der Waals surface area (Å²) in [7, 11) is 0. The van der Waals surface area contributed by atoms with Gasteiger partial charge in [0.15, 0.2) is 5.82 Å². The molecular weight excluding hydrogens is 190 g/mol. The summed E-state index contributed by atoms with van der Waals surface area (Å²) in [4.78, 5) is 8.53. The molecule has 2 rings (SSSR count). The van der Waals surface area contributed by atoms with Crippen LogP contribution in [0.5, 0.6) is 0 Å². The molecule has 0 aliphatic carbocycles. The molecule has 0 atom stereocenters. The third kappa shape index (κ3) is 2.12. The van der Waals surface area contributed by atoms with Gasteiger partial charge in [0.2, 0.25) is 0 Å². The molecule has 0 bridgehead atoms. The van der Waals surface area contributed by atoms with E-state index in [9.17, 15) is 0 Å². The summed E-state index contributed by atoms with van der Waals surface area (Å²) in [5.74, 6) is 1.97. The van der Waals surface area contributed by atoms with E-state index < -0.39 is 0 Å². The van der Waals surface area contributed by atoms with E-state index in [1.807, 2.05) is 12.3 Å². The lowest BCUT2D eigenvalue weighted by atomic mass is 10.3. The van der Waals surface area contributed by atoms with E-state index in [0.29, 0.717) is 5.82 Å². The molecule has 0 saturated heterocycles. The van der Waals surface area contributed by atoms with E-state index in [2.05, 4.69) is 22.0 Å². The zero-order valence-electron chi connectivity index (χ0n) is 8.59. The van der Waals surface area contributed by atoms with Crippen LogP contribution in [-0.2, 0) is 6.42 Å². The van der Waals surface area contributed by atoms with Crippen molar-refractivity contribution in [3.05, 3.63) is 30.4 Å². The monoisotopic (exact) mass is 203 g/mol. The summed E-state index contributed by atoms with van der Waals surface area (Å²) in [6.07, 6.45) is 5.37. The van der Waals surface area contributed by atoms with Crippen molar-refractivity contribution in [3.63, 3.8) is 0 Å². The van der Waals surface area contributed by atoms with Gasteiger partial charge in [0.05, 0.1) is 0 Å². The number of rotatable bonds is 3. The second-order valence-electron chi connectivity index (χ2n) is 3.27. The van der Waals surface area contributed by atoms with E-state index in [0.717, 1.165) is 24.5 Å². The summed E-state index contributed by atoms with van der Waals surface area (Å²) in [6, 6.07) is 3.56. The lowest BCUT2D eigenvalue weighted by molar-refractivity contribution is 0.787. The lowest BCUT2D eigenvalue weighted by Gasteiger charge is -2.04. The van der Waals surface area contributed by atoms with Gasteiger partial charge in [0, 0.05) is 24.9 Å². The normalized spacial score (nSPS) is 10.5. The molecule has 0 unspecified atom stereocenters. The molecule has 0 aliphatic rings. The maximum atomic E-state index is 5.70. The zero-order valence-corrected chi connectivity index (χ0v) is 8.59. The quantitative estimate of drug-likeness (QED) is 0.813. The minimum atomic E-state index is 0.485. The summed E-state index contributed by atoms with van der Waals surface area (Å²) in [6.45, 7) is 2.08. The first-order chi connectivity index (χ1) is 7.29. The smallest absolute Gasteiger partial charge is 0.159 e. The van der Waals surface area contributed by atoms with Gasteiger partial charge in [0.25, 0.3) is 0 Å². The highest BCUT2D eigenvalue weighted by Crippen LogP contribution is 2.08. The fraction of sp³-hybridized carbons (Fsp3) is 0.300. The molecular formula is C10H13N5. The van der Waals surface area contributed by atoms with Crippen LogP contribution in [0.15, 0.2) is 24.5 Å². The highest BCUT2D eigenvalue weighted by atomic mass is 15.3. The average molecular weight is 203 g/mol. The molecule has 2 N–H and O–H groups in total. The van der Waals surface area contributed by atoms with Crippen LogP contribution in [-0.4, -0.2) is 19.7 Å².